The van der Waals surface area contributed by atoms with E-state index in [0.29, 0.717) is 25.3 Å². The van der Waals surface area contributed by atoms with Crippen LogP contribution in [0.1, 0.15) is 26.0 Å². The highest BCUT2D eigenvalue weighted by atomic mass is 35.5. The number of nitrogens with one attached hydrogen (secondary N) is 1. The van der Waals surface area contributed by atoms with Crippen molar-refractivity contribution in [2.75, 3.05) is 13.2 Å². The van der Waals surface area contributed by atoms with E-state index in [9.17, 15) is 8.42 Å². The molecule has 0 saturated carbocycles. The van der Waals surface area contributed by atoms with Crippen LogP contribution in [0.15, 0.2) is 4.90 Å². The van der Waals surface area contributed by atoms with E-state index in [1.54, 1.807) is 14.0 Å². The number of ether oxygens (including phenoxy) is 1. The lowest BCUT2D eigenvalue weighted by atomic mass is 10.4. The van der Waals surface area contributed by atoms with Crippen molar-refractivity contribution >= 4 is 21.6 Å². The van der Waals surface area contributed by atoms with Gasteiger partial charge in [0.2, 0.25) is 10.0 Å². The van der Waals surface area contributed by atoms with Crippen LogP contribution in [0.2, 0.25) is 5.15 Å². The van der Waals surface area contributed by atoms with Crippen LogP contribution in [-0.4, -0.2) is 37.5 Å². The fraction of sp³-hybridized carbons (Fsp3) is 0.727. The number of rotatable bonds is 7. The highest BCUT2D eigenvalue weighted by molar-refractivity contribution is 7.89. The molecule has 0 unspecified atom stereocenters. The van der Waals surface area contributed by atoms with Crippen LogP contribution in [0.4, 0.5) is 0 Å². The Kier molecular flexibility index (Phi) is 5.79. The minimum absolute atomic E-state index is 0.0430. The van der Waals surface area contributed by atoms with Gasteiger partial charge in [0.15, 0.2) is 0 Å². The molecule has 1 N–H and O–H groups in total. The lowest BCUT2D eigenvalue weighted by Crippen LogP contribution is -2.26. The minimum Gasteiger partial charge on any atom is -0.379 e. The predicted octanol–water partition coefficient (Wildman–Crippen LogP) is 1.48. The summed E-state index contributed by atoms with van der Waals surface area (Å²) in [5.41, 5.74) is 0.387. The smallest absolute Gasteiger partial charge is 0.245 e. The van der Waals surface area contributed by atoms with Crippen LogP contribution in [0.3, 0.4) is 0 Å². The van der Waals surface area contributed by atoms with Crippen LogP contribution in [0.5, 0.6) is 0 Å². The topological polar surface area (TPSA) is 73.2 Å². The quantitative estimate of drug-likeness (QED) is 0.774. The van der Waals surface area contributed by atoms with Gasteiger partial charge in [0.25, 0.3) is 0 Å². The first-order valence-electron chi connectivity index (χ1n) is 6.06. The Hall–Kier alpha value is -0.630. The summed E-state index contributed by atoms with van der Waals surface area (Å²) in [5, 5.41) is 4.10. The van der Waals surface area contributed by atoms with Crippen molar-refractivity contribution in [1.82, 2.24) is 14.5 Å². The second-order valence-electron chi connectivity index (χ2n) is 4.50. The monoisotopic (exact) mass is 309 g/mol. The molecule has 0 amide bonds. The summed E-state index contributed by atoms with van der Waals surface area (Å²) in [4.78, 5) is 0.0430. The molecule has 0 spiro atoms. The molecule has 8 heteroatoms. The maximum atomic E-state index is 12.1. The number of hydrogen-bond acceptors (Lipinski definition) is 4. The fourth-order valence-corrected chi connectivity index (χ4v) is 3.41. The number of nitrogens with zero attached hydrogens (tertiary/aromatic N) is 2. The standard InChI is InChI=1S/C11H20ClN3O3S/c1-8(2)18-7-5-6-13-19(16,17)10-9(3)14-15(4)11(10)12/h8,13H,5-7H2,1-4H3. The SMILES string of the molecule is Cc1nn(C)c(Cl)c1S(=O)(=O)NCCCOC(C)C. The molecule has 0 fully saturated rings. The van der Waals surface area contributed by atoms with Crippen molar-refractivity contribution in [3.63, 3.8) is 0 Å². The van der Waals surface area contributed by atoms with Crippen LogP contribution >= 0.6 is 11.6 Å². The minimum atomic E-state index is -3.62. The highest BCUT2D eigenvalue weighted by Crippen LogP contribution is 2.23. The third kappa shape index (κ3) is 4.45. The van der Waals surface area contributed by atoms with Gasteiger partial charge in [-0.15, -0.1) is 0 Å². The maximum Gasteiger partial charge on any atom is 0.245 e. The molecule has 110 valence electrons. The molecule has 1 aromatic rings. The van der Waals surface area contributed by atoms with Crippen LogP contribution < -0.4 is 4.72 Å². The Bertz CT molecular complexity index is 526. The summed E-state index contributed by atoms with van der Waals surface area (Å²) in [6.07, 6.45) is 0.751. The molecular weight excluding hydrogens is 290 g/mol. The van der Waals surface area contributed by atoms with Crippen molar-refractivity contribution < 1.29 is 13.2 Å². The Morgan fingerprint density at radius 2 is 2.11 bits per heavy atom. The zero-order chi connectivity index (χ0) is 14.6. The zero-order valence-electron chi connectivity index (χ0n) is 11.6. The molecule has 1 rings (SSSR count). The van der Waals surface area contributed by atoms with E-state index in [-0.39, 0.29) is 16.2 Å². The van der Waals surface area contributed by atoms with Crippen molar-refractivity contribution in [2.45, 2.75) is 38.2 Å². The van der Waals surface area contributed by atoms with Crippen molar-refractivity contribution in [1.29, 1.82) is 0 Å². The van der Waals surface area contributed by atoms with Gasteiger partial charge in [0, 0.05) is 20.2 Å². The molecule has 0 saturated heterocycles. The number of aromatic nitrogens is 2. The van der Waals surface area contributed by atoms with Gasteiger partial charge in [0.1, 0.15) is 10.0 Å². The van der Waals surface area contributed by atoms with E-state index in [1.165, 1.54) is 4.68 Å². The summed E-state index contributed by atoms with van der Waals surface area (Å²) < 4.78 is 33.4. The van der Waals surface area contributed by atoms with E-state index in [4.69, 9.17) is 16.3 Å². The van der Waals surface area contributed by atoms with Gasteiger partial charge in [-0.05, 0) is 27.2 Å². The Labute approximate surface area is 119 Å². The largest absolute Gasteiger partial charge is 0.379 e. The lowest BCUT2D eigenvalue weighted by Gasteiger charge is -2.08. The van der Waals surface area contributed by atoms with Crippen LogP contribution in [-0.2, 0) is 21.8 Å². The molecule has 1 heterocycles. The number of hydrogen-bond donors (Lipinski definition) is 1. The molecule has 0 radical (unpaired) electrons. The second-order valence-corrected chi connectivity index (χ2v) is 6.56. The fourth-order valence-electron chi connectivity index (χ4n) is 1.59. The Balaban J connectivity index is 2.62. The first-order valence-corrected chi connectivity index (χ1v) is 7.92. The lowest BCUT2D eigenvalue weighted by molar-refractivity contribution is 0.0778. The van der Waals surface area contributed by atoms with Crippen LogP contribution in [0, 0.1) is 6.92 Å². The van der Waals surface area contributed by atoms with Gasteiger partial charge in [-0.1, -0.05) is 11.6 Å². The summed E-state index contributed by atoms with van der Waals surface area (Å²) >= 11 is 5.94. The van der Waals surface area contributed by atoms with Gasteiger partial charge in [-0.2, -0.15) is 5.10 Å². The van der Waals surface area contributed by atoms with Crippen molar-refractivity contribution in [3.8, 4) is 0 Å². The van der Waals surface area contributed by atoms with Gasteiger partial charge >= 0.3 is 0 Å². The van der Waals surface area contributed by atoms with Crippen molar-refractivity contribution in [2.24, 2.45) is 7.05 Å². The van der Waals surface area contributed by atoms with Gasteiger partial charge in [0.05, 0.1) is 11.8 Å². The predicted molar refractivity (Wildman–Crippen MR) is 73.8 cm³/mol. The Morgan fingerprint density at radius 3 is 2.58 bits per heavy atom. The second kappa shape index (κ2) is 6.69. The van der Waals surface area contributed by atoms with E-state index in [0.717, 1.165) is 0 Å². The van der Waals surface area contributed by atoms with Gasteiger partial charge in [-0.3, -0.25) is 4.68 Å². The number of halogens is 1. The summed E-state index contributed by atoms with van der Waals surface area (Å²) in [5.74, 6) is 0. The highest BCUT2D eigenvalue weighted by Gasteiger charge is 2.24. The van der Waals surface area contributed by atoms with Gasteiger partial charge < -0.3 is 4.74 Å². The summed E-state index contributed by atoms with van der Waals surface area (Å²) in [7, 11) is -2.02. The van der Waals surface area contributed by atoms with E-state index < -0.39 is 10.0 Å². The number of sulfonamides is 1. The van der Waals surface area contributed by atoms with E-state index >= 15 is 0 Å². The molecular formula is C11H20ClN3O3S. The maximum absolute atomic E-state index is 12.1. The first-order chi connectivity index (χ1) is 8.75. The summed E-state index contributed by atoms with van der Waals surface area (Å²) in [6, 6.07) is 0. The van der Waals surface area contributed by atoms with E-state index in [2.05, 4.69) is 9.82 Å². The molecule has 0 aliphatic rings. The van der Waals surface area contributed by atoms with Gasteiger partial charge in [-0.25, -0.2) is 13.1 Å². The Morgan fingerprint density at radius 1 is 1.47 bits per heavy atom. The zero-order valence-corrected chi connectivity index (χ0v) is 13.2. The number of aryl methyl sites for hydroxylation is 2. The molecule has 0 aliphatic carbocycles. The van der Waals surface area contributed by atoms with Crippen LogP contribution in [0.25, 0.3) is 0 Å². The third-order valence-corrected chi connectivity index (χ3v) is 4.59. The molecule has 6 nitrogen and oxygen atoms in total. The molecule has 19 heavy (non-hydrogen) atoms. The van der Waals surface area contributed by atoms with Crippen molar-refractivity contribution in [3.05, 3.63) is 10.8 Å². The molecule has 0 bridgehead atoms. The van der Waals surface area contributed by atoms with E-state index in [1.807, 2.05) is 13.8 Å². The normalized spacial score (nSPS) is 12.3. The average molecular weight is 310 g/mol. The molecule has 0 aromatic carbocycles. The molecule has 1 aromatic heterocycles. The molecule has 0 atom stereocenters. The first kappa shape index (κ1) is 16.4. The summed E-state index contributed by atoms with van der Waals surface area (Å²) in [6.45, 7) is 6.30. The molecule has 0 aliphatic heterocycles. The average Bonchev–Trinajstić information content (AvgIpc) is 2.52. The third-order valence-electron chi connectivity index (χ3n) is 2.43.